The van der Waals surface area contributed by atoms with E-state index in [1.807, 2.05) is 19.1 Å². The van der Waals surface area contributed by atoms with Crippen molar-refractivity contribution in [2.45, 2.75) is 20.3 Å². The van der Waals surface area contributed by atoms with Crippen molar-refractivity contribution in [3.8, 4) is 0 Å². The lowest BCUT2D eigenvalue weighted by Crippen LogP contribution is -2.31. The fourth-order valence-electron chi connectivity index (χ4n) is 1.43. The molecule has 1 rings (SSSR count). The maximum atomic E-state index is 12.0. The molecule has 0 bridgehead atoms. The minimum atomic E-state index is 0.142. The Hall–Kier alpha value is -0.550. The third-order valence-corrected chi connectivity index (χ3v) is 3.64. The summed E-state index contributed by atoms with van der Waals surface area (Å²) in [5, 5.41) is 0. The SMILES string of the molecule is CCSCCC(=O)N(CC)c1ccc(Br)cn1. The molecule has 0 saturated heterocycles. The second-order valence-electron chi connectivity index (χ2n) is 3.42. The summed E-state index contributed by atoms with van der Waals surface area (Å²) in [4.78, 5) is 18.0. The van der Waals surface area contributed by atoms with Crippen molar-refractivity contribution in [2.24, 2.45) is 0 Å². The third-order valence-electron chi connectivity index (χ3n) is 2.27. The molecule has 0 N–H and O–H groups in total. The van der Waals surface area contributed by atoms with E-state index >= 15 is 0 Å². The van der Waals surface area contributed by atoms with Gasteiger partial charge in [0.15, 0.2) is 0 Å². The van der Waals surface area contributed by atoms with Gasteiger partial charge in [0.2, 0.25) is 5.91 Å². The Morgan fingerprint density at radius 1 is 1.47 bits per heavy atom. The molecule has 1 amide bonds. The van der Waals surface area contributed by atoms with Gasteiger partial charge in [-0.2, -0.15) is 11.8 Å². The number of carbonyl (C=O) groups excluding carboxylic acids is 1. The maximum Gasteiger partial charge on any atom is 0.228 e. The Balaban J connectivity index is 2.64. The summed E-state index contributed by atoms with van der Waals surface area (Å²) < 4.78 is 0.922. The number of amides is 1. The number of pyridine rings is 1. The smallest absolute Gasteiger partial charge is 0.228 e. The van der Waals surface area contributed by atoms with E-state index in [-0.39, 0.29) is 5.91 Å². The molecule has 0 aliphatic rings. The average Bonchev–Trinajstić information content (AvgIpc) is 2.33. The Morgan fingerprint density at radius 3 is 2.76 bits per heavy atom. The van der Waals surface area contributed by atoms with Gasteiger partial charge in [0.05, 0.1) is 0 Å². The summed E-state index contributed by atoms with van der Waals surface area (Å²) in [6.45, 7) is 4.72. The highest BCUT2D eigenvalue weighted by Gasteiger charge is 2.14. The van der Waals surface area contributed by atoms with Crippen LogP contribution < -0.4 is 4.90 Å². The molecule has 17 heavy (non-hydrogen) atoms. The molecule has 0 aromatic carbocycles. The normalized spacial score (nSPS) is 10.3. The fourth-order valence-corrected chi connectivity index (χ4v) is 2.27. The lowest BCUT2D eigenvalue weighted by molar-refractivity contribution is -0.118. The molecule has 0 fully saturated rings. The largest absolute Gasteiger partial charge is 0.297 e. The van der Waals surface area contributed by atoms with Crippen LogP contribution in [0.5, 0.6) is 0 Å². The van der Waals surface area contributed by atoms with Gasteiger partial charge in [0.25, 0.3) is 0 Å². The maximum absolute atomic E-state index is 12.0. The molecule has 1 aromatic heterocycles. The van der Waals surface area contributed by atoms with Gasteiger partial charge >= 0.3 is 0 Å². The zero-order chi connectivity index (χ0) is 12.7. The van der Waals surface area contributed by atoms with E-state index in [0.717, 1.165) is 21.8 Å². The van der Waals surface area contributed by atoms with E-state index in [2.05, 4.69) is 27.8 Å². The molecule has 1 heterocycles. The van der Waals surface area contributed by atoms with Crippen molar-refractivity contribution in [2.75, 3.05) is 23.0 Å². The topological polar surface area (TPSA) is 33.2 Å². The van der Waals surface area contributed by atoms with Gasteiger partial charge in [0, 0.05) is 29.4 Å². The van der Waals surface area contributed by atoms with Crippen LogP contribution in [-0.4, -0.2) is 28.9 Å². The summed E-state index contributed by atoms with van der Waals surface area (Å²) in [5.41, 5.74) is 0. The van der Waals surface area contributed by atoms with E-state index in [1.165, 1.54) is 0 Å². The highest BCUT2D eigenvalue weighted by Crippen LogP contribution is 2.16. The zero-order valence-corrected chi connectivity index (χ0v) is 12.6. The average molecular weight is 317 g/mol. The second kappa shape index (κ2) is 7.71. The van der Waals surface area contributed by atoms with Crippen LogP contribution in [0.2, 0.25) is 0 Å². The summed E-state index contributed by atoms with van der Waals surface area (Å²) in [6, 6.07) is 3.76. The van der Waals surface area contributed by atoms with E-state index in [4.69, 9.17) is 0 Å². The summed E-state index contributed by atoms with van der Waals surface area (Å²) in [7, 11) is 0. The number of halogens is 1. The van der Waals surface area contributed by atoms with Crippen LogP contribution in [0.1, 0.15) is 20.3 Å². The van der Waals surface area contributed by atoms with Gasteiger partial charge in [0.1, 0.15) is 5.82 Å². The summed E-state index contributed by atoms with van der Waals surface area (Å²) in [6.07, 6.45) is 2.29. The van der Waals surface area contributed by atoms with Crippen LogP contribution >= 0.6 is 27.7 Å². The number of aromatic nitrogens is 1. The first kappa shape index (κ1) is 14.5. The van der Waals surface area contributed by atoms with E-state index < -0.39 is 0 Å². The first-order valence-electron chi connectivity index (χ1n) is 5.68. The predicted molar refractivity (Wildman–Crippen MR) is 77.6 cm³/mol. The molecule has 0 spiro atoms. The fraction of sp³-hybridized carbons (Fsp3) is 0.500. The number of thioether (sulfide) groups is 1. The van der Waals surface area contributed by atoms with Gasteiger partial charge in [-0.1, -0.05) is 6.92 Å². The lowest BCUT2D eigenvalue weighted by Gasteiger charge is -2.19. The molecule has 0 atom stereocenters. The molecule has 94 valence electrons. The Labute approximate surface area is 115 Å². The molecule has 0 aliphatic heterocycles. The first-order valence-corrected chi connectivity index (χ1v) is 7.63. The molecule has 1 aromatic rings. The first-order chi connectivity index (χ1) is 8.19. The Bertz CT molecular complexity index is 356. The molecule has 0 saturated carbocycles. The van der Waals surface area contributed by atoms with Gasteiger partial charge in [-0.15, -0.1) is 0 Å². The Kier molecular flexibility index (Phi) is 6.58. The van der Waals surface area contributed by atoms with Crippen LogP contribution in [0.3, 0.4) is 0 Å². The Morgan fingerprint density at radius 2 is 2.24 bits per heavy atom. The molecule has 0 radical (unpaired) electrons. The van der Waals surface area contributed by atoms with E-state index in [9.17, 15) is 4.79 Å². The second-order valence-corrected chi connectivity index (χ2v) is 5.73. The number of hydrogen-bond acceptors (Lipinski definition) is 3. The van der Waals surface area contributed by atoms with E-state index in [1.54, 1.807) is 22.9 Å². The molecule has 5 heteroatoms. The molecular formula is C12H17BrN2OS. The van der Waals surface area contributed by atoms with Gasteiger partial charge in [-0.05, 0) is 40.7 Å². The zero-order valence-electron chi connectivity index (χ0n) is 10.1. The number of hydrogen-bond donors (Lipinski definition) is 0. The molecule has 0 aliphatic carbocycles. The molecular weight excluding hydrogens is 300 g/mol. The highest BCUT2D eigenvalue weighted by atomic mass is 79.9. The number of carbonyl (C=O) groups is 1. The van der Waals surface area contributed by atoms with Crippen LogP contribution in [0.25, 0.3) is 0 Å². The molecule has 3 nitrogen and oxygen atoms in total. The van der Waals surface area contributed by atoms with Crippen molar-refractivity contribution >= 4 is 39.4 Å². The quantitative estimate of drug-likeness (QED) is 0.755. The third kappa shape index (κ3) is 4.68. The van der Waals surface area contributed by atoms with Crippen molar-refractivity contribution in [1.82, 2.24) is 4.98 Å². The summed E-state index contributed by atoms with van der Waals surface area (Å²) >= 11 is 5.12. The predicted octanol–water partition coefficient (Wildman–Crippen LogP) is 3.34. The number of rotatable bonds is 6. The van der Waals surface area contributed by atoms with Gasteiger partial charge in [-0.25, -0.2) is 4.98 Å². The van der Waals surface area contributed by atoms with Crippen molar-refractivity contribution < 1.29 is 4.79 Å². The van der Waals surface area contributed by atoms with Crippen molar-refractivity contribution in [3.63, 3.8) is 0 Å². The van der Waals surface area contributed by atoms with Gasteiger partial charge < -0.3 is 0 Å². The monoisotopic (exact) mass is 316 g/mol. The number of anilines is 1. The van der Waals surface area contributed by atoms with Gasteiger partial charge in [-0.3, -0.25) is 9.69 Å². The standard InChI is InChI=1S/C12H17BrN2OS/c1-3-15(12(16)7-8-17-4-2)11-6-5-10(13)9-14-11/h5-6,9H,3-4,7-8H2,1-2H3. The van der Waals surface area contributed by atoms with Crippen LogP contribution in [0.15, 0.2) is 22.8 Å². The molecule has 0 unspecified atom stereocenters. The van der Waals surface area contributed by atoms with Crippen molar-refractivity contribution in [1.29, 1.82) is 0 Å². The minimum Gasteiger partial charge on any atom is -0.297 e. The van der Waals surface area contributed by atoms with E-state index in [0.29, 0.717) is 13.0 Å². The highest BCUT2D eigenvalue weighted by molar-refractivity contribution is 9.10. The van der Waals surface area contributed by atoms with Crippen LogP contribution in [-0.2, 0) is 4.79 Å². The van der Waals surface area contributed by atoms with Crippen molar-refractivity contribution in [3.05, 3.63) is 22.8 Å². The summed E-state index contributed by atoms with van der Waals surface area (Å²) in [5.74, 6) is 2.80. The lowest BCUT2D eigenvalue weighted by atomic mass is 10.3. The number of nitrogens with zero attached hydrogens (tertiary/aromatic N) is 2. The van der Waals surface area contributed by atoms with Crippen LogP contribution in [0.4, 0.5) is 5.82 Å². The minimum absolute atomic E-state index is 0.142. The van der Waals surface area contributed by atoms with Crippen LogP contribution in [0, 0.1) is 0 Å².